The third-order valence-electron chi connectivity index (χ3n) is 3.04. The standard InChI is InChI=1S/C11H18F6O3S.C3H7N/c12-9(11(16,17)21(18,19)20)7-5-3-1-2-4-6-8-10(13,14)15;1-2-3-4/h9H,1-8H2,(H,18,19,20);2H,1,3-4H2. The molecule has 0 heterocycles. The van der Waals surface area contributed by atoms with Crippen LogP contribution >= 0.6 is 0 Å². The van der Waals surface area contributed by atoms with Gasteiger partial charge in [0, 0.05) is 13.0 Å². The van der Waals surface area contributed by atoms with Crippen molar-refractivity contribution in [1.82, 2.24) is 0 Å². The van der Waals surface area contributed by atoms with Gasteiger partial charge >= 0.3 is 21.5 Å². The minimum Gasteiger partial charge on any atom is -0.327 e. The maximum Gasteiger partial charge on any atom is 0.400 e. The van der Waals surface area contributed by atoms with Gasteiger partial charge in [-0.2, -0.15) is 30.4 Å². The Morgan fingerprint density at radius 2 is 1.40 bits per heavy atom. The van der Waals surface area contributed by atoms with Crippen LogP contribution in [0.2, 0.25) is 0 Å². The number of alkyl halides is 6. The van der Waals surface area contributed by atoms with E-state index in [0.29, 0.717) is 32.2 Å². The van der Waals surface area contributed by atoms with Gasteiger partial charge in [-0.25, -0.2) is 4.39 Å². The Balaban J connectivity index is 0. The predicted octanol–water partition coefficient (Wildman–Crippen LogP) is 4.62. The summed E-state index contributed by atoms with van der Waals surface area (Å²) in [7, 11) is -5.79. The van der Waals surface area contributed by atoms with Crippen molar-refractivity contribution in [3.63, 3.8) is 0 Å². The van der Waals surface area contributed by atoms with Gasteiger partial charge < -0.3 is 5.73 Å². The number of hydrogen-bond acceptors (Lipinski definition) is 3. The second-order valence-electron chi connectivity index (χ2n) is 5.30. The molecule has 0 bridgehead atoms. The van der Waals surface area contributed by atoms with E-state index < -0.39 is 40.6 Å². The van der Waals surface area contributed by atoms with Gasteiger partial charge in [0.2, 0.25) is 0 Å². The van der Waals surface area contributed by atoms with Gasteiger partial charge in [-0.05, 0) is 12.8 Å². The molecule has 0 saturated carbocycles. The van der Waals surface area contributed by atoms with Gasteiger partial charge in [0.15, 0.2) is 6.17 Å². The molecule has 4 nitrogen and oxygen atoms in total. The van der Waals surface area contributed by atoms with Crippen LogP contribution in [0.5, 0.6) is 0 Å². The maximum absolute atomic E-state index is 13.0. The smallest absolute Gasteiger partial charge is 0.327 e. The molecule has 0 aromatic carbocycles. The molecule has 0 radical (unpaired) electrons. The Kier molecular flexibility index (Phi) is 13.2. The average molecular weight is 401 g/mol. The fourth-order valence-corrected chi connectivity index (χ4v) is 2.13. The SMILES string of the molecule is C=CCN.O=S(=O)(O)C(F)(F)C(F)CCCCCCCCC(F)(F)F. The zero-order chi connectivity index (χ0) is 20.1. The summed E-state index contributed by atoms with van der Waals surface area (Å²) in [4.78, 5) is 0. The molecule has 25 heavy (non-hydrogen) atoms. The Morgan fingerprint density at radius 3 is 1.76 bits per heavy atom. The van der Waals surface area contributed by atoms with Crippen molar-refractivity contribution in [2.75, 3.05) is 6.54 Å². The van der Waals surface area contributed by atoms with E-state index in [0.717, 1.165) is 0 Å². The molecule has 0 fully saturated rings. The fourth-order valence-electron chi connectivity index (χ4n) is 1.69. The summed E-state index contributed by atoms with van der Waals surface area (Å²) < 4.78 is 103. The molecule has 3 N–H and O–H groups in total. The third kappa shape index (κ3) is 14.1. The minimum absolute atomic E-state index is 0.0178. The van der Waals surface area contributed by atoms with Crippen molar-refractivity contribution in [3.8, 4) is 0 Å². The average Bonchev–Trinajstić information content (AvgIpc) is 2.47. The fraction of sp³-hybridized carbons (Fsp3) is 0.857. The van der Waals surface area contributed by atoms with Crippen LogP contribution in [-0.4, -0.2) is 37.1 Å². The van der Waals surface area contributed by atoms with Crippen molar-refractivity contribution < 1.29 is 39.3 Å². The zero-order valence-electron chi connectivity index (χ0n) is 13.7. The first-order chi connectivity index (χ1) is 11.3. The van der Waals surface area contributed by atoms with E-state index in [9.17, 15) is 34.8 Å². The molecule has 0 aliphatic rings. The Labute approximate surface area is 144 Å². The molecule has 0 aromatic rings. The molecular weight excluding hydrogens is 376 g/mol. The molecule has 11 heteroatoms. The van der Waals surface area contributed by atoms with Gasteiger partial charge in [0.05, 0.1) is 0 Å². The second kappa shape index (κ2) is 12.5. The Hall–Kier alpha value is -0.810. The van der Waals surface area contributed by atoms with Crippen molar-refractivity contribution in [1.29, 1.82) is 0 Å². The minimum atomic E-state index is -5.79. The highest BCUT2D eigenvalue weighted by Crippen LogP contribution is 2.30. The van der Waals surface area contributed by atoms with Crippen LogP contribution in [-0.2, 0) is 10.1 Å². The molecule has 1 atom stereocenters. The summed E-state index contributed by atoms with van der Waals surface area (Å²) in [6, 6.07) is 0. The van der Waals surface area contributed by atoms with E-state index in [1.165, 1.54) is 0 Å². The van der Waals surface area contributed by atoms with Crippen molar-refractivity contribution >= 4 is 10.1 Å². The Morgan fingerprint density at radius 1 is 1.00 bits per heavy atom. The lowest BCUT2D eigenvalue weighted by Crippen LogP contribution is -2.38. The summed E-state index contributed by atoms with van der Waals surface area (Å²) >= 11 is 0. The summed E-state index contributed by atoms with van der Waals surface area (Å²) in [5, 5.41) is -4.83. The van der Waals surface area contributed by atoms with Crippen molar-refractivity contribution in [2.45, 2.75) is 69.0 Å². The monoisotopic (exact) mass is 401 g/mol. The first kappa shape index (κ1) is 26.4. The van der Waals surface area contributed by atoms with Gasteiger partial charge in [0.25, 0.3) is 0 Å². The van der Waals surface area contributed by atoms with E-state index in [2.05, 4.69) is 6.58 Å². The maximum atomic E-state index is 13.0. The number of rotatable bonds is 11. The number of halogens is 6. The second-order valence-corrected chi connectivity index (χ2v) is 6.80. The highest BCUT2D eigenvalue weighted by atomic mass is 32.2. The normalized spacial score (nSPS) is 13.8. The van der Waals surface area contributed by atoms with Crippen LogP contribution in [0.3, 0.4) is 0 Å². The van der Waals surface area contributed by atoms with Crippen LogP contribution in [0.15, 0.2) is 12.7 Å². The van der Waals surface area contributed by atoms with E-state index in [1.54, 1.807) is 6.08 Å². The topological polar surface area (TPSA) is 80.4 Å². The van der Waals surface area contributed by atoms with Crippen molar-refractivity contribution in [2.24, 2.45) is 5.73 Å². The molecule has 0 amide bonds. The highest BCUT2D eigenvalue weighted by Gasteiger charge is 2.52. The lowest BCUT2D eigenvalue weighted by molar-refractivity contribution is -0.135. The lowest BCUT2D eigenvalue weighted by atomic mass is 10.1. The third-order valence-corrected chi connectivity index (χ3v) is 3.99. The molecule has 1 unspecified atom stereocenters. The van der Waals surface area contributed by atoms with Crippen LogP contribution in [0.1, 0.15) is 51.4 Å². The first-order valence-electron chi connectivity index (χ1n) is 7.66. The summed E-state index contributed by atoms with van der Waals surface area (Å²) in [5.74, 6) is 0. The molecular formula is C14H25F6NO3S. The molecule has 0 rings (SSSR count). The summed E-state index contributed by atoms with van der Waals surface area (Å²) in [6.07, 6.45) is -5.67. The van der Waals surface area contributed by atoms with E-state index in [1.807, 2.05) is 0 Å². The van der Waals surface area contributed by atoms with Gasteiger partial charge in [-0.1, -0.05) is 38.2 Å². The lowest BCUT2D eigenvalue weighted by Gasteiger charge is -2.17. The quantitative estimate of drug-likeness (QED) is 0.229. The van der Waals surface area contributed by atoms with E-state index in [-0.39, 0.29) is 12.8 Å². The zero-order valence-corrected chi connectivity index (χ0v) is 14.6. The highest BCUT2D eigenvalue weighted by molar-refractivity contribution is 7.86. The van der Waals surface area contributed by atoms with Gasteiger partial charge in [-0.3, -0.25) is 4.55 Å². The number of hydrogen-bond donors (Lipinski definition) is 2. The predicted molar refractivity (Wildman–Crippen MR) is 83.6 cm³/mol. The molecule has 152 valence electrons. The van der Waals surface area contributed by atoms with Crippen LogP contribution in [0, 0.1) is 0 Å². The van der Waals surface area contributed by atoms with E-state index in [4.69, 9.17) is 10.3 Å². The van der Waals surface area contributed by atoms with Crippen molar-refractivity contribution in [3.05, 3.63) is 12.7 Å². The molecule has 0 saturated heterocycles. The summed E-state index contributed by atoms with van der Waals surface area (Å²) in [5.41, 5.74) is 4.91. The van der Waals surface area contributed by atoms with E-state index >= 15 is 0 Å². The van der Waals surface area contributed by atoms with Gasteiger partial charge in [-0.15, -0.1) is 6.58 Å². The first-order valence-corrected chi connectivity index (χ1v) is 9.10. The summed E-state index contributed by atoms with van der Waals surface area (Å²) in [6.45, 7) is 3.94. The van der Waals surface area contributed by atoms with Crippen LogP contribution in [0.4, 0.5) is 26.3 Å². The number of unbranched alkanes of at least 4 members (excludes halogenated alkanes) is 5. The molecule has 0 aromatic heterocycles. The molecule has 0 aliphatic carbocycles. The van der Waals surface area contributed by atoms with Gasteiger partial charge in [0.1, 0.15) is 0 Å². The number of nitrogens with two attached hydrogens (primary N) is 1. The van der Waals surface area contributed by atoms with Crippen LogP contribution < -0.4 is 5.73 Å². The molecule has 0 aliphatic heterocycles. The molecule has 0 spiro atoms. The van der Waals surface area contributed by atoms with Crippen LogP contribution in [0.25, 0.3) is 0 Å². The Bertz CT molecular complexity index is 454. The largest absolute Gasteiger partial charge is 0.400 e.